The van der Waals surface area contributed by atoms with E-state index in [1.165, 1.54) is 54.6 Å². The molecule has 3 heterocycles. The Morgan fingerprint density at radius 2 is 1.12 bits per heavy atom. The van der Waals surface area contributed by atoms with Gasteiger partial charge in [-0.3, -0.25) is 4.57 Å². The van der Waals surface area contributed by atoms with Crippen LogP contribution in [0.15, 0.2) is 144 Å². The van der Waals surface area contributed by atoms with Crippen molar-refractivity contribution in [2.24, 2.45) is 0 Å². The van der Waals surface area contributed by atoms with Crippen LogP contribution in [0.1, 0.15) is 25.0 Å². The van der Waals surface area contributed by atoms with E-state index >= 15 is 0 Å². The first-order valence-electron chi connectivity index (χ1n) is 16.8. The number of benzene rings is 7. The molecule has 0 fully saturated rings. The number of rotatable bonds is 2. The average Bonchev–Trinajstić information content (AvgIpc) is 3.74. The fraction of sp³-hybridized carbons (Fsp3) is 0.0667. The monoisotopic (exact) mass is 627 g/mol. The molecule has 11 rings (SSSR count). The van der Waals surface area contributed by atoms with Crippen molar-refractivity contribution >= 4 is 65.4 Å². The number of hydrogen-bond acceptors (Lipinski definition) is 3. The maximum Gasteiger partial charge on any atom is 0.238 e. The summed E-state index contributed by atoms with van der Waals surface area (Å²) in [6.45, 7) is 4.64. The van der Waals surface area contributed by atoms with Gasteiger partial charge in [-0.15, -0.1) is 0 Å². The molecule has 0 atom stereocenters. The molecule has 0 radical (unpaired) electrons. The third-order valence-electron chi connectivity index (χ3n) is 10.8. The molecule has 0 bridgehead atoms. The van der Waals surface area contributed by atoms with Gasteiger partial charge in [0.2, 0.25) is 11.7 Å². The number of hydrogen-bond donors (Lipinski definition) is 0. The van der Waals surface area contributed by atoms with Crippen LogP contribution in [-0.2, 0) is 5.41 Å². The lowest BCUT2D eigenvalue weighted by atomic mass is 9.82. The molecule has 1 aliphatic rings. The Hall–Kier alpha value is -6.26. The fourth-order valence-corrected chi connectivity index (χ4v) is 8.38. The molecule has 3 aromatic heterocycles. The quantitative estimate of drug-likeness (QED) is 0.192. The lowest BCUT2D eigenvalue weighted by Gasteiger charge is -2.22. The minimum atomic E-state index is -0.135. The van der Waals surface area contributed by atoms with Gasteiger partial charge in [0.25, 0.3) is 0 Å². The van der Waals surface area contributed by atoms with E-state index in [1.807, 2.05) is 12.1 Å². The number of aromatic nitrogens is 3. The van der Waals surface area contributed by atoms with Gasteiger partial charge >= 0.3 is 0 Å². The summed E-state index contributed by atoms with van der Waals surface area (Å²) in [6.07, 6.45) is 0. The highest BCUT2D eigenvalue weighted by atomic mass is 16.3. The molecule has 0 spiro atoms. The van der Waals surface area contributed by atoms with Crippen LogP contribution in [0.25, 0.3) is 93.8 Å². The van der Waals surface area contributed by atoms with E-state index in [0.717, 1.165) is 38.6 Å². The van der Waals surface area contributed by atoms with Crippen LogP contribution in [0.3, 0.4) is 0 Å². The Labute approximate surface area is 281 Å². The average molecular weight is 628 g/mol. The van der Waals surface area contributed by atoms with Crippen molar-refractivity contribution in [2.75, 3.05) is 0 Å². The highest BCUT2D eigenvalue weighted by Gasteiger charge is 2.35. The SMILES string of the molecule is CC1(C)c2ccccc2-c2ccc(-c3nc(-n4c5cc6ccccc6cc5c5cc6ccccc6cc54)nc4oc5ccccc5c34)cc21. The molecule has 0 amide bonds. The van der Waals surface area contributed by atoms with E-state index in [0.29, 0.717) is 11.7 Å². The molecule has 0 N–H and O–H groups in total. The van der Waals surface area contributed by atoms with Gasteiger partial charge in [0, 0.05) is 27.1 Å². The van der Waals surface area contributed by atoms with Crippen molar-refractivity contribution < 1.29 is 4.42 Å². The van der Waals surface area contributed by atoms with Gasteiger partial charge in [0.15, 0.2) is 0 Å². The summed E-state index contributed by atoms with van der Waals surface area (Å²) < 4.78 is 8.77. The second kappa shape index (κ2) is 9.42. The Morgan fingerprint density at radius 3 is 1.84 bits per heavy atom. The van der Waals surface area contributed by atoms with Crippen LogP contribution in [0.5, 0.6) is 0 Å². The van der Waals surface area contributed by atoms with Gasteiger partial charge in [-0.1, -0.05) is 117 Å². The Morgan fingerprint density at radius 1 is 0.531 bits per heavy atom. The first-order valence-corrected chi connectivity index (χ1v) is 16.8. The van der Waals surface area contributed by atoms with Crippen molar-refractivity contribution in [2.45, 2.75) is 19.3 Å². The van der Waals surface area contributed by atoms with Gasteiger partial charge in [-0.2, -0.15) is 4.98 Å². The van der Waals surface area contributed by atoms with Gasteiger partial charge in [-0.05, 0) is 80.2 Å². The van der Waals surface area contributed by atoms with Gasteiger partial charge in [-0.25, -0.2) is 4.98 Å². The van der Waals surface area contributed by atoms with E-state index < -0.39 is 0 Å². The Kier molecular flexibility index (Phi) is 5.15. The molecular weight excluding hydrogens is 599 g/mol. The van der Waals surface area contributed by atoms with Crippen molar-refractivity contribution in [3.63, 3.8) is 0 Å². The largest absolute Gasteiger partial charge is 0.437 e. The van der Waals surface area contributed by atoms with Gasteiger partial charge < -0.3 is 4.42 Å². The summed E-state index contributed by atoms with van der Waals surface area (Å²) in [4.78, 5) is 10.7. The first kappa shape index (κ1) is 26.8. The van der Waals surface area contributed by atoms with Crippen LogP contribution in [-0.4, -0.2) is 14.5 Å². The smallest absolute Gasteiger partial charge is 0.238 e. The molecule has 4 heteroatoms. The number of fused-ring (bicyclic) bond motifs is 11. The lowest BCUT2D eigenvalue weighted by molar-refractivity contribution is 0.651. The van der Waals surface area contributed by atoms with Crippen molar-refractivity contribution in [3.05, 3.63) is 151 Å². The van der Waals surface area contributed by atoms with Crippen LogP contribution in [0.2, 0.25) is 0 Å². The molecule has 10 aromatic rings. The molecule has 230 valence electrons. The summed E-state index contributed by atoms with van der Waals surface area (Å²) in [6, 6.07) is 50.1. The van der Waals surface area contributed by atoms with E-state index in [4.69, 9.17) is 14.4 Å². The van der Waals surface area contributed by atoms with Crippen LogP contribution < -0.4 is 0 Å². The minimum Gasteiger partial charge on any atom is -0.437 e. The van der Waals surface area contributed by atoms with Crippen LogP contribution in [0.4, 0.5) is 0 Å². The Bertz CT molecular complexity index is 2940. The zero-order valence-electron chi connectivity index (χ0n) is 27.0. The Balaban J connectivity index is 1.26. The second-order valence-electron chi connectivity index (χ2n) is 13.8. The highest BCUT2D eigenvalue weighted by molar-refractivity contribution is 6.17. The van der Waals surface area contributed by atoms with Gasteiger partial charge in [0.05, 0.1) is 22.1 Å². The topological polar surface area (TPSA) is 43.9 Å². The van der Waals surface area contributed by atoms with E-state index in [-0.39, 0.29) is 5.41 Å². The predicted molar refractivity (Wildman–Crippen MR) is 202 cm³/mol. The summed E-state index contributed by atoms with van der Waals surface area (Å²) in [5.41, 5.74) is 10.6. The maximum absolute atomic E-state index is 6.54. The predicted octanol–water partition coefficient (Wildman–Crippen LogP) is 11.8. The first-order chi connectivity index (χ1) is 24.0. The molecule has 0 aliphatic heterocycles. The van der Waals surface area contributed by atoms with Crippen molar-refractivity contribution in [3.8, 4) is 28.3 Å². The molecular formula is C45H29N3O. The normalized spacial score (nSPS) is 13.7. The number of nitrogens with zero attached hydrogens (tertiary/aromatic N) is 3. The summed E-state index contributed by atoms with van der Waals surface area (Å²) in [5.74, 6) is 0.593. The molecule has 49 heavy (non-hydrogen) atoms. The van der Waals surface area contributed by atoms with E-state index in [9.17, 15) is 0 Å². The summed E-state index contributed by atoms with van der Waals surface area (Å²) >= 11 is 0. The summed E-state index contributed by atoms with van der Waals surface area (Å²) in [5, 5.41) is 9.06. The zero-order chi connectivity index (χ0) is 32.4. The standard InChI is InChI=1S/C45H29N3O/c1-45(2)36-17-9-7-15-31(36)32-20-19-30(23-37(32)45)42-41-33-16-8-10-18-40(33)49-43(41)47-44(46-42)48-38-24-28-13-5-3-11-26(28)21-34(38)35-22-27-12-4-6-14-29(27)25-39(35)48/h3-25H,1-2H3. The molecule has 4 nitrogen and oxygen atoms in total. The molecule has 7 aromatic carbocycles. The lowest BCUT2D eigenvalue weighted by Crippen LogP contribution is -2.15. The fourth-order valence-electron chi connectivity index (χ4n) is 8.38. The third kappa shape index (κ3) is 3.63. The molecule has 0 saturated heterocycles. The highest BCUT2D eigenvalue weighted by Crippen LogP contribution is 2.50. The molecule has 0 unspecified atom stereocenters. The van der Waals surface area contributed by atoms with E-state index in [1.54, 1.807) is 0 Å². The van der Waals surface area contributed by atoms with Crippen LogP contribution >= 0.6 is 0 Å². The van der Waals surface area contributed by atoms with Crippen molar-refractivity contribution in [1.82, 2.24) is 14.5 Å². The molecule has 1 aliphatic carbocycles. The second-order valence-corrected chi connectivity index (χ2v) is 13.8. The third-order valence-corrected chi connectivity index (χ3v) is 10.8. The van der Waals surface area contributed by atoms with Crippen LogP contribution in [0, 0.1) is 0 Å². The number of furan rings is 1. The summed E-state index contributed by atoms with van der Waals surface area (Å²) in [7, 11) is 0. The number of para-hydroxylation sites is 1. The zero-order valence-corrected chi connectivity index (χ0v) is 27.0. The maximum atomic E-state index is 6.54. The van der Waals surface area contributed by atoms with Crippen molar-refractivity contribution in [1.29, 1.82) is 0 Å². The molecule has 0 saturated carbocycles. The van der Waals surface area contributed by atoms with E-state index in [2.05, 4.69) is 146 Å². The minimum absolute atomic E-state index is 0.135. The van der Waals surface area contributed by atoms with Gasteiger partial charge in [0.1, 0.15) is 5.58 Å².